The second kappa shape index (κ2) is 5.84. The highest BCUT2D eigenvalue weighted by Crippen LogP contribution is 2.19. The standard InChI is InChI=1S/C14H19N5/c1-5-15-6-2-14(1)19-7-3-13(4-8-19)16-9-12-10-17-18-11-12/h1-2,5-6,10-11,13,16H,3-4,7-9H2,(H,17,18). The lowest BCUT2D eigenvalue weighted by molar-refractivity contribution is 0.414. The van der Waals surface area contributed by atoms with Crippen LogP contribution in [0.15, 0.2) is 36.9 Å². The van der Waals surface area contributed by atoms with Gasteiger partial charge < -0.3 is 10.2 Å². The fourth-order valence-electron chi connectivity index (χ4n) is 2.53. The average Bonchev–Trinajstić information content (AvgIpc) is 3.00. The minimum Gasteiger partial charge on any atom is -0.371 e. The molecule has 3 rings (SSSR count). The second-order valence-electron chi connectivity index (χ2n) is 4.95. The summed E-state index contributed by atoms with van der Waals surface area (Å²) in [6.45, 7) is 3.11. The highest BCUT2D eigenvalue weighted by atomic mass is 15.1. The van der Waals surface area contributed by atoms with E-state index in [9.17, 15) is 0 Å². The molecule has 0 saturated carbocycles. The third-order valence-electron chi connectivity index (χ3n) is 3.67. The van der Waals surface area contributed by atoms with Crippen LogP contribution in [0.3, 0.4) is 0 Å². The Morgan fingerprint density at radius 2 is 2.05 bits per heavy atom. The molecular weight excluding hydrogens is 238 g/mol. The van der Waals surface area contributed by atoms with Crippen LogP contribution in [0.2, 0.25) is 0 Å². The summed E-state index contributed by atoms with van der Waals surface area (Å²) in [5.41, 5.74) is 2.50. The molecule has 0 radical (unpaired) electrons. The number of aromatic nitrogens is 3. The van der Waals surface area contributed by atoms with Crippen molar-refractivity contribution in [2.75, 3.05) is 18.0 Å². The van der Waals surface area contributed by atoms with Crippen LogP contribution in [-0.4, -0.2) is 34.3 Å². The van der Waals surface area contributed by atoms with E-state index in [1.165, 1.54) is 24.1 Å². The number of anilines is 1. The molecule has 0 aliphatic carbocycles. The van der Waals surface area contributed by atoms with E-state index in [-0.39, 0.29) is 0 Å². The zero-order valence-electron chi connectivity index (χ0n) is 10.9. The van der Waals surface area contributed by atoms with E-state index in [0.29, 0.717) is 6.04 Å². The number of aromatic amines is 1. The summed E-state index contributed by atoms with van der Waals surface area (Å²) in [6.07, 6.45) is 9.90. The summed E-state index contributed by atoms with van der Waals surface area (Å²) in [6, 6.07) is 4.77. The lowest BCUT2D eigenvalue weighted by atomic mass is 10.0. The Morgan fingerprint density at radius 1 is 1.26 bits per heavy atom. The molecule has 0 aromatic carbocycles. The smallest absolute Gasteiger partial charge is 0.0532 e. The molecule has 0 spiro atoms. The van der Waals surface area contributed by atoms with Crippen LogP contribution >= 0.6 is 0 Å². The maximum Gasteiger partial charge on any atom is 0.0532 e. The number of hydrogen-bond acceptors (Lipinski definition) is 4. The molecule has 2 aromatic heterocycles. The molecule has 0 bridgehead atoms. The topological polar surface area (TPSA) is 56.8 Å². The Balaban J connectivity index is 1.47. The maximum atomic E-state index is 4.07. The van der Waals surface area contributed by atoms with Crippen molar-refractivity contribution < 1.29 is 0 Å². The van der Waals surface area contributed by atoms with E-state index < -0.39 is 0 Å². The average molecular weight is 257 g/mol. The van der Waals surface area contributed by atoms with Gasteiger partial charge in [0.2, 0.25) is 0 Å². The quantitative estimate of drug-likeness (QED) is 0.873. The van der Waals surface area contributed by atoms with Gasteiger partial charge in [-0.15, -0.1) is 0 Å². The molecule has 19 heavy (non-hydrogen) atoms. The predicted molar refractivity (Wildman–Crippen MR) is 74.9 cm³/mol. The molecule has 100 valence electrons. The van der Waals surface area contributed by atoms with E-state index in [2.05, 4.69) is 37.5 Å². The Bertz CT molecular complexity index is 474. The summed E-state index contributed by atoms with van der Waals surface area (Å²) in [7, 11) is 0. The molecule has 5 heteroatoms. The van der Waals surface area contributed by atoms with Crippen molar-refractivity contribution in [3.63, 3.8) is 0 Å². The Labute approximate surface area is 113 Å². The van der Waals surface area contributed by atoms with Crippen LogP contribution < -0.4 is 10.2 Å². The van der Waals surface area contributed by atoms with E-state index >= 15 is 0 Å². The fourth-order valence-corrected chi connectivity index (χ4v) is 2.53. The van der Waals surface area contributed by atoms with Gasteiger partial charge in [0.05, 0.1) is 6.20 Å². The van der Waals surface area contributed by atoms with Crippen molar-refractivity contribution in [1.29, 1.82) is 0 Å². The summed E-state index contributed by atoms with van der Waals surface area (Å²) in [5.74, 6) is 0. The lowest BCUT2D eigenvalue weighted by Gasteiger charge is -2.34. The molecule has 1 aliphatic rings. The van der Waals surface area contributed by atoms with Gasteiger partial charge in [0, 0.05) is 55.5 Å². The molecular formula is C14H19N5. The van der Waals surface area contributed by atoms with Gasteiger partial charge in [-0.05, 0) is 25.0 Å². The summed E-state index contributed by atoms with van der Waals surface area (Å²) in [4.78, 5) is 6.49. The first kappa shape index (κ1) is 12.2. The van der Waals surface area contributed by atoms with Gasteiger partial charge in [-0.25, -0.2) is 0 Å². The van der Waals surface area contributed by atoms with E-state index in [4.69, 9.17) is 0 Å². The first-order valence-electron chi connectivity index (χ1n) is 6.78. The van der Waals surface area contributed by atoms with Crippen LogP contribution in [0.25, 0.3) is 0 Å². The van der Waals surface area contributed by atoms with Gasteiger partial charge in [0.1, 0.15) is 0 Å². The molecule has 5 nitrogen and oxygen atoms in total. The third-order valence-corrected chi connectivity index (χ3v) is 3.67. The SMILES string of the molecule is c1cc(N2CCC(NCc3cn[nH]c3)CC2)ccn1. The molecule has 3 heterocycles. The Kier molecular flexibility index (Phi) is 3.74. The zero-order chi connectivity index (χ0) is 12.9. The van der Waals surface area contributed by atoms with Crippen LogP contribution in [0.4, 0.5) is 5.69 Å². The third kappa shape index (κ3) is 3.12. The maximum absolute atomic E-state index is 4.07. The monoisotopic (exact) mass is 257 g/mol. The van der Waals surface area contributed by atoms with Crippen molar-refractivity contribution in [3.8, 4) is 0 Å². The number of nitrogens with one attached hydrogen (secondary N) is 2. The molecule has 1 fully saturated rings. The predicted octanol–water partition coefficient (Wildman–Crippen LogP) is 1.56. The van der Waals surface area contributed by atoms with Crippen molar-refractivity contribution in [2.24, 2.45) is 0 Å². The molecule has 1 aliphatic heterocycles. The van der Waals surface area contributed by atoms with Gasteiger partial charge in [-0.3, -0.25) is 10.1 Å². The number of rotatable bonds is 4. The number of nitrogens with zero attached hydrogens (tertiary/aromatic N) is 3. The lowest BCUT2D eigenvalue weighted by Crippen LogP contribution is -2.42. The first-order valence-corrected chi connectivity index (χ1v) is 6.78. The second-order valence-corrected chi connectivity index (χ2v) is 4.95. The molecule has 0 atom stereocenters. The number of hydrogen-bond donors (Lipinski definition) is 2. The van der Waals surface area contributed by atoms with Crippen molar-refractivity contribution >= 4 is 5.69 Å². The van der Waals surface area contributed by atoms with E-state index in [0.717, 1.165) is 19.6 Å². The summed E-state index contributed by atoms with van der Waals surface area (Å²) < 4.78 is 0. The van der Waals surface area contributed by atoms with E-state index in [1.807, 2.05) is 24.8 Å². The van der Waals surface area contributed by atoms with Gasteiger partial charge in [-0.2, -0.15) is 5.10 Å². The molecule has 1 saturated heterocycles. The fraction of sp³-hybridized carbons (Fsp3) is 0.429. The van der Waals surface area contributed by atoms with Crippen LogP contribution in [-0.2, 0) is 6.54 Å². The normalized spacial score (nSPS) is 16.7. The highest BCUT2D eigenvalue weighted by molar-refractivity contribution is 5.44. The number of H-pyrrole nitrogens is 1. The van der Waals surface area contributed by atoms with Crippen molar-refractivity contribution in [3.05, 3.63) is 42.5 Å². The number of piperidine rings is 1. The first-order chi connectivity index (χ1) is 9.42. The molecule has 0 unspecified atom stereocenters. The number of pyridine rings is 1. The zero-order valence-corrected chi connectivity index (χ0v) is 10.9. The van der Waals surface area contributed by atoms with Gasteiger partial charge >= 0.3 is 0 Å². The van der Waals surface area contributed by atoms with Crippen molar-refractivity contribution in [1.82, 2.24) is 20.5 Å². The Hall–Kier alpha value is -1.88. The minimum atomic E-state index is 0.605. The Morgan fingerprint density at radius 3 is 2.74 bits per heavy atom. The summed E-state index contributed by atoms with van der Waals surface area (Å²) >= 11 is 0. The highest BCUT2D eigenvalue weighted by Gasteiger charge is 2.18. The van der Waals surface area contributed by atoms with Crippen LogP contribution in [0, 0.1) is 0 Å². The molecule has 0 amide bonds. The summed E-state index contributed by atoms with van der Waals surface area (Å²) in [5, 5.41) is 10.4. The minimum absolute atomic E-state index is 0.605. The van der Waals surface area contributed by atoms with E-state index in [1.54, 1.807) is 0 Å². The van der Waals surface area contributed by atoms with Crippen LogP contribution in [0.5, 0.6) is 0 Å². The van der Waals surface area contributed by atoms with Gasteiger partial charge in [0.25, 0.3) is 0 Å². The van der Waals surface area contributed by atoms with Crippen molar-refractivity contribution in [2.45, 2.75) is 25.4 Å². The van der Waals surface area contributed by atoms with Gasteiger partial charge in [-0.1, -0.05) is 0 Å². The molecule has 2 N–H and O–H groups in total. The van der Waals surface area contributed by atoms with Gasteiger partial charge in [0.15, 0.2) is 0 Å². The van der Waals surface area contributed by atoms with Crippen LogP contribution in [0.1, 0.15) is 18.4 Å². The largest absolute Gasteiger partial charge is 0.371 e. The molecule has 2 aromatic rings.